The maximum atomic E-state index is 8.49. The van der Waals surface area contributed by atoms with Crippen molar-refractivity contribution in [2.24, 2.45) is 5.92 Å². The molecule has 0 heterocycles. The Labute approximate surface area is 73.0 Å². The van der Waals surface area contributed by atoms with Crippen LogP contribution in [0.5, 0.6) is 0 Å². The maximum Gasteiger partial charge on any atom is 0.145 e. The van der Waals surface area contributed by atoms with Gasteiger partial charge < -0.3 is 5.32 Å². The second-order valence-corrected chi connectivity index (χ2v) is 3.20. The van der Waals surface area contributed by atoms with Crippen molar-refractivity contribution in [2.75, 3.05) is 6.54 Å². The summed E-state index contributed by atoms with van der Waals surface area (Å²) in [5.41, 5.74) is 0. The minimum atomic E-state index is -0.481. The van der Waals surface area contributed by atoms with Crippen molar-refractivity contribution in [1.82, 2.24) is 5.32 Å². The second-order valence-electron chi connectivity index (χ2n) is 3.20. The van der Waals surface area contributed by atoms with E-state index in [0.717, 1.165) is 0 Å². The van der Waals surface area contributed by atoms with Gasteiger partial charge in [0.25, 0.3) is 0 Å². The van der Waals surface area contributed by atoms with Crippen molar-refractivity contribution in [3.63, 3.8) is 0 Å². The molecule has 0 saturated heterocycles. The van der Waals surface area contributed by atoms with Crippen LogP contribution in [0.1, 0.15) is 25.7 Å². The molecule has 1 fully saturated rings. The monoisotopic (exact) mass is 163 g/mol. The lowest BCUT2D eigenvalue weighted by Crippen LogP contribution is -2.30. The quantitative estimate of drug-likeness (QED) is 0.679. The molecule has 0 amide bonds. The minimum absolute atomic E-state index is 0.481. The van der Waals surface area contributed by atoms with Gasteiger partial charge in [-0.15, -0.1) is 0 Å². The van der Waals surface area contributed by atoms with Gasteiger partial charge in [0.15, 0.2) is 0 Å². The van der Waals surface area contributed by atoms with E-state index < -0.39 is 5.92 Å². The fraction of sp³-hybridized carbons (Fsp3) is 0.778. The highest BCUT2D eigenvalue weighted by atomic mass is 14.9. The standard InChI is InChI=1S/C9H13N3/c10-5-8(6-11)7-12-9-3-1-2-4-9/h8-9,12H,1-4,7H2. The largest absolute Gasteiger partial charge is 0.312 e. The van der Waals surface area contributed by atoms with Crippen LogP contribution in [0, 0.1) is 28.6 Å². The summed E-state index contributed by atoms with van der Waals surface area (Å²) in [6.07, 6.45) is 4.95. The lowest BCUT2D eigenvalue weighted by molar-refractivity contribution is 0.509. The van der Waals surface area contributed by atoms with Gasteiger partial charge in [0.1, 0.15) is 5.92 Å². The SMILES string of the molecule is N#CC(C#N)CNC1CCCC1. The lowest BCUT2D eigenvalue weighted by atomic mass is 10.2. The Hall–Kier alpha value is -1.06. The molecular formula is C9H13N3. The van der Waals surface area contributed by atoms with Crippen LogP contribution in [0.4, 0.5) is 0 Å². The van der Waals surface area contributed by atoms with Crippen LogP contribution in [0.2, 0.25) is 0 Å². The molecule has 0 aliphatic heterocycles. The third kappa shape index (κ3) is 2.53. The van der Waals surface area contributed by atoms with Gasteiger partial charge in [0.05, 0.1) is 12.1 Å². The fourth-order valence-electron chi connectivity index (χ4n) is 1.53. The van der Waals surface area contributed by atoms with E-state index in [1.54, 1.807) is 0 Å². The molecule has 3 nitrogen and oxygen atoms in total. The van der Waals surface area contributed by atoms with E-state index in [2.05, 4.69) is 5.32 Å². The summed E-state index contributed by atoms with van der Waals surface area (Å²) >= 11 is 0. The van der Waals surface area contributed by atoms with Gasteiger partial charge in [-0.3, -0.25) is 0 Å². The molecule has 0 aromatic rings. The summed E-state index contributed by atoms with van der Waals surface area (Å²) in [6.45, 7) is 0.525. The number of rotatable bonds is 3. The van der Waals surface area contributed by atoms with Crippen LogP contribution in [0.25, 0.3) is 0 Å². The molecule has 3 heteroatoms. The predicted octanol–water partition coefficient (Wildman–Crippen LogP) is 1.18. The molecule has 0 aromatic heterocycles. The minimum Gasteiger partial charge on any atom is -0.312 e. The van der Waals surface area contributed by atoms with Gasteiger partial charge >= 0.3 is 0 Å². The zero-order valence-electron chi connectivity index (χ0n) is 7.08. The Bertz CT molecular complexity index is 191. The van der Waals surface area contributed by atoms with Crippen LogP contribution in [0.15, 0.2) is 0 Å². The second kappa shape index (κ2) is 4.74. The zero-order chi connectivity index (χ0) is 8.81. The average Bonchev–Trinajstić information content (AvgIpc) is 2.59. The van der Waals surface area contributed by atoms with Crippen molar-refractivity contribution in [3.8, 4) is 12.1 Å². The Balaban J connectivity index is 2.17. The maximum absolute atomic E-state index is 8.49. The van der Waals surface area contributed by atoms with Gasteiger partial charge in [0, 0.05) is 12.6 Å². The summed E-state index contributed by atoms with van der Waals surface area (Å²) in [5, 5.41) is 20.2. The van der Waals surface area contributed by atoms with Crippen LogP contribution < -0.4 is 5.32 Å². The molecule has 1 aliphatic rings. The Morgan fingerprint density at radius 2 is 1.83 bits per heavy atom. The highest BCUT2D eigenvalue weighted by Gasteiger charge is 2.15. The molecule has 12 heavy (non-hydrogen) atoms. The van der Waals surface area contributed by atoms with Crippen LogP contribution in [0.3, 0.4) is 0 Å². The summed E-state index contributed by atoms with van der Waals surface area (Å²) < 4.78 is 0. The van der Waals surface area contributed by atoms with Crippen LogP contribution in [-0.4, -0.2) is 12.6 Å². The number of nitrogens with one attached hydrogen (secondary N) is 1. The first-order valence-electron chi connectivity index (χ1n) is 4.39. The third-order valence-electron chi connectivity index (χ3n) is 2.28. The summed E-state index contributed by atoms with van der Waals surface area (Å²) in [6, 6.07) is 4.45. The molecule has 1 saturated carbocycles. The molecule has 1 rings (SSSR count). The van der Waals surface area contributed by atoms with Gasteiger partial charge in [-0.1, -0.05) is 12.8 Å². The van der Waals surface area contributed by atoms with Gasteiger partial charge in [-0.25, -0.2) is 0 Å². The Morgan fingerprint density at radius 3 is 2.33 bits per heavy atom. The van der Waals surface area contributed by atoms with Gasteiger partial charge in [-0.2, -0.15) is 10.5 Å². The van der Waals surface area contributed by atoms with Crippen LogP contribution >= 0.6 is 0 Å². The highest BCUT2D eigenvalue weighted by molar-refractivity contribution is 5.00. The summed E-state index contributed by atoms with van der Waals surface area (Å²) in [7, 11) is 0. The molecular weight excluding hydrogens is 150 g/mol. The highest BCUT2D eigenvalue weighted by Crippen LogP contribution is 2.17. The summed E-state index contributed by atoms with van der Waals surface area (Å²) in [5.74, 6) is -0.481. The third-order valence-corrected chi connectivity index (χ3v) is 2.28. The first kappa shape index (κ1) is 9.03. The number of hydrogen-bond donors (Lipinski definition) is 1. The van der Waals surface area contributed by atoms with Crippen molar-refractivity contribution < 1.29 is 0 Å². The van der Waals surface area contributed by atoms with Gasteiger partial charge in [0.2, 0.25) is 0 Å². The first-order valence-corrected chi connectivity index (χ1v) is 4.39. The van der Waals surface area contributed by atoms with E-state index in [0.29, 0.717) is 12.6 Å². The molecule has 0 radical (unpaired) electrons. The molecule has 1 aliphatic carbocycles. The van der Waals surface area contributed by atoms with Crippen molar-refractivity contribution in [1.29, 1.82) is 10.5 Å². The molecule has 0 unspecified atom stereocenters. The Kier molecular flexibility index (Phi) is 3.57. The van der Waals surface area contributed by atoms with Crippen molar-refractivity contribution >= 4 is 0 Å². The molecule has 0 atom stereocenters. The number of nitrogens with zero attached hydrogens (tertiary/aromatic N) is 2. The number of nitriles is 2. The smallest absolute Gasteiger partial charge is 0.145 e. The predicted molar refractivity (Wildman–Crippen MR) is 45.0 cm³/mol. The van der Waals surface area contributed by atoms with Gasteiger partial charge in [-0.05, 0) is 12.8 Å². The molecule has 1 N–H and O–H groups in total. The molecule has 0 spiro atoms. The topological polar surface area (TPSA) is 59.6 Å². The van der Waals surface area contributed by atoms with E-state index in [1.807, 2.05) is 12.1 Å². The molecule has 0 bridgehead atoms. The van der Waals surface area contributed by atoms with Crippen molar-refractivity contribution in [2.45, 2.75) is 31.7 Å². The summed E-state index contributed by atoms with van der Waals surface area (Å²) in [4.78, 5) is 0. The van der Waals surface area contributed by atoms with E-state index in [4.69, 9.17) is 10.5 Å². The average molecular weight is 163 g/mol. The molecule has 0 aromatic carbocycles. The number of hydrogen-bond acceptors (Lipinski definition) is 3. The van der Waals surface area contributed by atoms with E-state index >= 15 is 0 Å². The van der Waals surface area contributed by atoms with Crippen molar-refractivity contribution in [3.05, 3.63) is 0 Å². The zero-order valence-corrected chi connectivity index (χ0v) is 7.08. The van der Waals surface area contributed by atoms with Crippen LogP contribution in [-0.2, 0) is 0 Å². The lowest BCUT2D eigenvalue weighted by Gasteiger charge is -2.10. The Morgan fingerprint density at radius 1 is 1.25 bits per heavy atom. The van der Waals surface area contributed by atoms with E-state index in [1.165, 1.54) is 25.7 Å². The molecule has 64 valence electrons. The van der Waals surface area contributed by atoms with E-state index in [-0.39, 0.29) is 0 Å². The fourth-order valence-corrected chi connectivity index (χ4v) is 1.53. The normalized spacial score (nSPS) is 17.6. The first-order chi connectivity index (χ1) is 5.86. The van der Waals surface area contributed by atoms with E-state index in [9.17, 15) is 0 Å².